The first-order valence-corrected chi connectivity index (χ1v) is 6.10. The number of fused-ring (bicyclic) bond motifs is 1. The Kier molecular flexibility index (Phi) is 3.01. The molecule has 5 nitrogen and oxygen atoms in total. The third-order valence-electron chi connectivity index (χ3n) is 2.91. The van der Waals surface area contributed by atoms with Gasteiger partial charge >= 0.3 is 0 Å². The minimum Gasteiger partial charge on any atom is -0.384 e. The molecule has 0 aliphatic rings. The first-order valence-electron chi connectivity index (χ1n) is 6.10. The van der Waals surface area contributed by atoms with E-state index in [0.717, 1.165) is 10.9 Å². The molecule has 2 aromatic heterocycles. The summed E-state index contributed by atoms with van der Waals surface area (Å²) in [7, 11) is 0. The fourth-order valence-corrected chi connectivity index (χ4v) is 1.90. The van der Waals surface area contributed by atoms with Crippen LogP contribution in [0.4, 0.5) is 11.5 Å². The Labute approximate surface area is 115 Å². The van der Waals surface area contributed by atoms with Crippen LogP contribution in [-0.4, -0.2) is 15.9 Å². The van der Waals surface area contributed by atoms with Crippen LogP contribution in [0.25, 0.3) is 10.9 Å². The van der Waals surface area contributed by atoms with Gasteiger partial charge in [0.2, 0.25) is 0 Å². The van der Waals surface area contributed by atoms with E-state index >= 15 is 0 Å². The number of pyridine rings is 2. The molecule has 0 aliphatic carbocycles. The number of anilines is 2. The van der Waals surface area contributed by atoms with E-state index in [1.165, 1.54) is 6.20 Å². The zero-order valence-corrected chi connectivity index (χ0v) is 10.6. The van der Waals surface area contributed by atoms with Crippen LogP contribution in [0, 0.1) is 0 Å². The van der Waals surface area contributed by atoms with Crippen molar-refractivity contribution in [2.75, 3.05) is 11.1 Å². The van der Waals surface area contributed by atoms with Gasteiger partial charge in [0.25, 0.3) is 5.91 Å². The summed E-state index contributed by atoms with van der Waals surface area (Å²) >= 11 is 0. The van der Waals surface area contributed by atoms with Crippen molar-refractivity contribution in [1.82, 2.24) is 9.97 Å². The molecular formula is C15H12N4O. The van der Waals surface area contributed by atoms with Gasteiger partial charge in [-0.2, -0.15) is 0 Å². The van der Waals surface area contributed by atoms with Crippen LogP contribution in [0.5, 0.6) is 0 Å². The average Bonchev–Trinajstić information content (AvgIpc) is 2.49. The van der Waals surface area contributed by atoms with E-state index < -0.39 is 0 Å². The highest BCUT2D eigenvalue weighted by Crippen LogP contribution is 2.15. The van der Waals surface area contributed by atoms with Crippen LogP contribution >= 0.6 is 0 Å². The molecule has 0 spiro atoms. The highest BCUT2D eigenvalue weighted by atomic mass is 16.1. The third-order valence-corrected chi connectivity index (χ3v) is 2.91. The minimum absolute atomic E-state index is 0.192. The third kappa shape index (κ3) is 2.42. The van der Waals surface area contributed by atoms with Crippen molar-refractivity contribution in [2.24, 2.45) is 0 Å². The van der Waals surface area contributed by atoms with E-state index in [-0.39, 0.29) is 5.91 Å². The van der Waals surface area contributed by atoms with Crippen molar-refractivity contribution in [3.63, 3.8) is 0 Å². The molecule has 3 aromatic rings. The van der Waals surface area contributed by atoms with Crippen LogP contribution in [0.3, 0.4) is 0 Å². The number of hydrogen-bond donors (Lipinski definition) is 2. The molecule has 3 rings (SSSR count). The van der Waals surface area contributed by atoms with Crippen LogP contribution in [0.1, 0.15) is 10.4 Å². The Balaban J connectivity index is 1.86. The van der Waals surface area contributed by atoms with E-state index in [1.54, 1.807) is 24.4 Å². The summed E-state index contributed by atoms with van der Waals surface area (Å²) in [5.74, 6) is 0.224. The Morgan fingerprint density at radius 1 is 1.10 bits per heavy atom. The molecule has 20 heavy (non-hydrogen) atoms. The summed E-state index contributed by atoms with van der Waals surface area (Å²) in [5.41, 5.74) is 7.54. The van der Waals surface area contributed by atoms with Gasteiger partial charge in [0.15, 0.2) is 0 Å². The molecule has 3 N–H and O–H groups in total. The van der Waals surface area contributed by atoms with Gasteiger partial charge in [0, 0.05) is 17.1 Å². The summed E-state index contributed by atoms with van der Waals surface area (Å²) in [5, 5.41) is 3.70. The second-order valence-corrected chi connectivity index (χ2v) is 4.34. The largest absolute Gasteiger partial charge is 0.384 e. The summed E-state index contributed by atoms with van der Waals surface area (Å²) in [6.07, 6.45) is 3.25. The normalized spacial score (nSPS) is 10.4. The monoisotopic (exact) mass is 264 g/mol. The van der Waals surface area contributed by atoms with Gasteiger partial charge in [-0.15, -0.1) is 0 Å². The summed E-state index contributed by atoms with van der Waals surface area (Å²) in [4.78, 5) is 20.3. The van der Waals surface area contributed by atoms with Gasteiger partial charge in [-0.05, 0) is 36.4 Å². The van der Waals surface area contributed by atoms with E-state index in [0.29, 0.717) is 17.1 Å². The van der Waals surface area contributed by atoms with Crippen LogP contribution in [-0.2, 0) is 0 Å². The number of benzene rings is 1. The molecule has 98 valence electrons. The van der Waals surface area contributed by atoms with Gasteiger partial charge in [0.05, 0.1) is 17.4 Å². The lowest BCUT2D eigenvalue weighted by Crippen LogP contribution is -2.12. The van der Waals surface area contributed by atoms with E-state index in [2.05, 4.69) is 15.3 Å². The lowest BCUT2D eigenvalue weighted by Gasteiger charge is -2.06. The molecule has 0 saturated carbocycles. The second kappa shape index (κ2) is 4.97. The number of nitrogens with two attached hydrogens (primary N) is 1. The molecule has 1 amide bonds. The van der Waals surface area contributed by atoms with Crippen molar-refractivity contribution < 1.29 is 4.79 Å². The van der Waals surface area contributed by atoms with Crippen molar-refractivity contribution in [1.29, 1.82) is 0 Å². The minimum atomic E-state index is -0.192. The van der Waals surface area contributed by atoms with Gasteiger partial charge in [-0.25, -0.2) is 4.98 Å². The van der Waals surface area contributed by atoms with Gasteiger partial charge < -0.3 is 11.1 Å². The summed E-state index contributed by atoms with van der Waals surface area (Å²) in [6.45, 7) is 0. The van der Waals surface area contributed by atoms with Crippen LogP contribution in [0.15, 0.2) is 54.9 Å². The number of rotatable bonds is 2. The van der Waals surface area contributed by atoms with Crippen molar-refractivity contribution >= 4 is 28.3 Å². The SMILES string of the molecule is Nc1ccc(NC(=O)c2ccc3ncccc3c2)cn1. The van der Waals surface area contributed by atoms with Crippen molar-refractivity contribution in [3.8, 4) is 0 Å². The number of carbonyl (C=O) groups is 1. The number of nitrogen functional groups attached to an aromatic ring is 1. The lowest BCUT2D eigenvalue weighted by molar-refractivity contribution is 0.102. The zero-order chi connectivity index (χ0) is 13.9. The predicted molar refractivity (Wildman–Crippen MR) is 78.3 cm³/mol. The van der Waals surface area contributed by atoms with Crippen LogP contribution < -0.4 is 11.1 Å². The Hall–Kier alpha value is -2.95. The highest BCUT2D eigenvalue weighted by molar-refractivity contribution is 6.06. The smallest absolute Gasteiger partial charge is 0.255 e. The molecular weight excluding hydrogens is 252 g/mol. The van der Waals surface area contributed by atoms with E-state index in [1.807, 2.05) is 24.3 Å². The first-order chi connectivity index (χ1) is 9.72. The Morgan fingerprint density at radius 3 is 2.80 bits per heavy atom. The maximum absolute atomic E-state index is 12.2. The first kappa shape index (κ1) is 12.1. The molecule has 2 heterocycles. The number of carbonyl (C=O) groups excluding carboxylic acids is 1. The molecule has 0 unspecified atom stereocenters. The van der Waals surface area contributed by atoms with E-state index in [9.17, 15) is 4.79 Å². The zero-order valence-electron chi connectivity index (χ0n) is 10.6. The summed E-state index contributed by atoms with van der Waals surface area (Å²) in [6, 6.07) is 12.5. The van der Waals surface area contributed by atoms with Gasteiger partial charge in [-0.1, -0.05) is 6.07 Å². The quantitative estimate of drug-likeness (QED) is 0.745. The van der Waals surface area contributed by atoms with Gasteiger partial charge in [0.1, 0.15) is 5.82 Å². The fraction of sp³-hybridized carbons (Fsp3) is 0. The topological polar surface area (TPSA) is 80.9 Å². The molecule has 0 radical (unpaired) electrons. The second-order valence-electron chi connectivity index (χ2n) is 4.34. The fourth-order valence-electron chi connectivity index (χ4n) is 1.90. The summed E-state index contributed by atoms with van der Waals surface area (Å²) < 4.78 is 0. The number of amides is 1. The maximum Gasteiger partial charge on any atom is 0.255 e. The number of nitrogens with zero attached hydrogens (tertiary/aromatic N) is 2. The molecule has 1 aromatic carbocycles. The Morgan fingerprint density at radius 2 is 2.00 bits per heavy atom. The van der Waals surface area contributed by atoms with Gasteiger partial charge in [-0.3, -0.25) is 9.78 Å². The molecule has 0 bridgehead atoms. The maximum atomic E-state index is 12.2. The average molecular weight is 264 g/mol. The van der Waals surface area contributed by atoms with Crippen molar-refractivity contribution in [3.05, 3.63) is 60.4 Å². The molecule has 0 aliphatic heterocycles. The molecule has 5 heteroatoms. The van der Waals surface area contributed by atoms with E-state index in [4.69, 9.17) is 5.73 Å². The Bertz CT molecular complexity index is 768. The molecule has 0 atom stereocenters. The molecule has 0 fully saturated rings. The van der Waals surface area contributed by atoms with Crippen LogP contribution in [0.2, 0.25) is 0 Å². The molecule has 0 saturated heterocycles. The number of aromatic nitrogens is 2. The lowest BCUT2D eigenvalue weighted by atomic mass is 10.1. The standard InChI is InChI=1S/C15H12N4O/c16-14-6-4-12(9-18-14)19-15(20)11-3-5-13-10(8-11)2-1-7-17-13/h1-9H,(H2,16,18)(H,19,20). The highest BCUT2D eigenvalue weighted by Gasteiger charge is 2.07. The number of nitrogens with one attached hydrogen (secondary N) is 1. The number of hydrogen-bond acceptors (Lipinski definition) is 4. The predicted octanol–water partition coefficient (Wildman–Crippen LogP) is 2.46. The van der Waals surface area contributed by atoms with Crippen molar-refractivity contribution in [2.45, 2.75) is 0 Å².